The molecule has 3 unspecified atom stereocenters. The van der Waals surface area contributed by atoms with Gasteiger partial charge in [-0.15, -0.1) is 0 Å². The lowest BCUT2D eigenvalue weighted by Crippen LogP contribution is -2.47. The van der Waals surface area contributed by atoms with Crippen molar-refractivity contribution in [2.24, 2.45) is 4.99 Å². The van der Waals surface area contributed by atoms with E-state index in [1.165, 1.54) is 0 Å². The molecule has 0 amide bonds. The van der Waals surface area contributed by atoms with E-state index < -0.39 is 10.8 Å². The van der Waals surface area contributed by atoms with Crippen LogP contribution in [0.4, 0.5) is 0 Å². The molecule has 1 aromatic rings. The fourth-order valence-corrected chi connectivity index (χ4v) is 4.73. The summed E-state index contributed by atoms with van der Waals surface area (Å²) in [6.45, 7) is 2.78. The second kappa shape index (κ2) is 10.0. The van der Waals surface area contributed by atoms with Crippen LogP contribution in [0, 0.1) is 0 Å². The molecule has 0 bridgehead atoms. The van der Waals surface area contributed by atoms with Crippen molar-refractivity contribution in [2.45, 2.75) is 50.3 Å². The van der Waals surface area contributed by atoms with Crippen LogP contribution in [0.15, 0.2) is 29.3 Å². The smallest absolute Gasteiger partial charge is 0.191 e. The van der Waals surface area contributed by atoms with Gasteiger partial charge in [-0.05, 0) is 37.3 Å². The van der Waals surface area contributed by atoms with Crippen LogP contribution in [0.2, 0.25) is 5.02 Å². The summed E-state index contributed by atoms with van der Waals surface area (Å²) in [5.74, 6) is 1.57. The molecule has 1 saturated carbocycles. The molecule has 2 N–H and O–H groups in total. The van der Waals surface area contributed by atoms with Crippen LogP contribution >= 0.6 is 11.6 Å². The van der Waals surface area contributed by atoms with Crippen LogP contribution in [0.3, 0.4) is 0 Å². The number of rotatable bonds is 6. The van der Waals surface area contributed by atoms with Gasteiger partial charge in [-0.1, -0.05) is 43.1 Å². The van der Waals surface area contributed by atoms with Crippen molar-refractivity contribution in [1.29, 1.82) is 0 Å². The Bertz CT molecular complexity index is 579. The zero-order valence-corrected chi connectivity index (χ0v) is 16.1. The van der Waals surface area contributed by atoms with E-state index in [2.05, 4.69) is 15.6 Å². The minimum absolute atomic E-state index is 0.322. The van der Waals surface area contributed by atoms with E-state index in [1.54, 1.807) is 7.05 Å². The van der Waals surface area contributed by atoms with Crippen molar-refractivity contribution in [3.05, 3.63) is 34.9 Å². The number of aliphatic imine (C=N–C) groups is 1. The molecule has 134 valence electrons. The summed E-state index contributed by atoms with van der Waals surface area (Å²) in [5.41, 5.74) is 1.14. The van der Waals surface area contributed by atoms with Gasteiger partial charge in [-0.2, -0.15) is 0 Å². The standard InChI is InChI=1S/C18H28ClN3OS/c1-3-24(23)16-9-6-8-15(13-16)22-18(20-2)21-12-11-14-7-4-5-10-17(14)19/h4-5,7,10,15-16H,3,6,8-9,11-13H2,1-2H3,(H2,20,21,22). The first-order valence-corrected chi connectivity index (χ1v) is 10.5. The summed E-state index contributed by atoms with van der Waals surface area (Å²) in [6, 6.07) is 8.27. The van der Waals surface area contributed by atoms with Gasteiger partial charge in [0.2, 0.25) is 0 Å². The van der Waals surface area contributed by atoms with E-state index in [0.29, 0.717) is 11.3 Å². The largest absolute Gasteiger partial charge is 0.356 e. The maximum Gasteiger partial charge on any atom is 0.191 e. The van der Waals surface area contributed by atoms with Crippen molar-refractivity contribution in [3.63, 3.8) is 0 Å². The molecule has 4 nitrogen and oxygen atoms in total. The Morgan fingerprint density at radius 1 is 1.38 bits per heavy atom. The lowest BCUT2D eigenvalue weighted by molar-refractivity contribution is 0.413. The lowest BCUT2D eigenvalue weighted by Gasteiger charge is -2.30. The van der Waals surface area contributed by atoms with E-state index in [-0.39, 0.29) is 0 Å². The average molecular weight is 370 g/mol. The Hall–Kier alpha value is -1.07. The Morgan fingerprint density at radius 3 is 2.88 bits per heavy atom. The molecule has 0 saturated heterocycles. The van der Waals surface area contributed by atoms with E-state index in [0.717, 1.165) is 60.9 Å². The third-order valence-corrected chi connectivity index (χ3v) is 6.60. The molecule has 0 radical (unpaired) electrons. The number of benzene rings is 1. The van der Waals surface area contributed by atoms with Crippen molar-refractivity contribution in [1.82, 2.24) is 10.6 Å². The number of hydrogen-bond donors (Lipinski definition) is 2. The Morgan fingerprint density at radius 2 is 2.17 bits per heavy atom. The quantitative estimate of drug-likeness (QED) is 0.598. The third-order valence-electron chi connectivity index (χ3n) is 4.49. The van der Waals surface area contributed by atoms with Crippen LogP contribution in [-0.2, 0) is 17.2 Å². The topological polar surface area (TPSA) is 53.5 Å². The van der Waals surface area contributed by atoms with Crippen molar-refractivity contribution < 1.29 is 4.21 Å². The highest BCUT2D eigenvalue weighted by molar-refractivity contribution is 7.85. The third kappa shape index (κ3) is 5.78. The molecule has 0 aromatic heterocycles. The molecule has 24 heavy (non-hydrogen) atoms. The van der Waals surface area contributed by atoms with E-state index >= 15 is 0 Å². The molecule has 0 aliphatic heterocycles. The van der Waals surface area contributed by atoms with Gasteiger partial charge < -0.3 is 10.6 Å². The molecule has 0 heterocycles. The van der Waals surface area contributed by atoms with E-state index in [9.17, 15) is 4.21 Å². The summed E-state index contributed by atoms with van der Waals surface area (Å²) in [4.78, 5) is 4.31. The monoisotopic (exact) mass is 369 g/mol. The maximum absolute atomic E-state index is 12.1. The van der Waals surface area contributed by atoms with Crippen LogP contribution in [0.5, 0.6) is 0 Å². The molecular weight excluding hydrogens is 342 g/mol. The molecule has 3 atom stereocenters. The summed E-state index contributed by atoms with van der Waals surface area (Å²) in [6.07, 6.45) is 5.14. The molecule has 0 spiro atoms. The Kier molecular flexibility index (Phi) is 8.06. The van der Waals surface area contributed by atoms with E-state index in [4.69, 9.17) is 11.6 Å². The molecule has 1 aromatic carbocycles. The number of nitrogens with one attached hydrogen (secondary N) is 2. The number of halogens is 1. The number of hydrogen-bond acceptors (Lipinski definition) is 2. The van der Waals surface area contributed by atoms with Crippen LogP contribution in [-0.4, -0.2) is 40.8 Å². The fraction of sp³-hybridized carbons (Fsp3) is 0.611. The van der Waals surface area contributed by atoms with Gasteiger partial charge in [0.15, 0.2) is 5.96 Å². The first-order chi connectivity index (χ1) is 11.6. The summed E-state index contributed by atoms with van der Waals surface area (Å²) in [7, 11) is 1.09. The van der Waals surface area contributed by atoms with Gasteiger partial charge in [-0.3, -0.25) is 9.20 Å². The first kappa shape index (κ1) is 19.3. The zero-order chi connectivity index (χ0) is 17.4. The first-order valence-electron chi connectivity index (χ1n) is 8.71. The van der Waals surface area contributed by atoms with E-state index in [1.807, 2.05) is 31.2 Å². The fourth-order valence-electron chi connectivity index (χ4n) is 3.16. The van der Waals surface area contributed by atoms with Crippen molar-refractivity contribution in [2.75, 3.05) is 19.3 Å². The summed E-state index contributed by atoms with van der Waals surface area (Å²) in [5, 5.41) is 7.97. The van der Waals surface area contributed by atoms with Gasteiger partial charge >= 0.3 is 0 Å². The molecule has 1 fully saturated rings. The molecule has 1 aliphatic rings. The minimum Gasteiger partial charge on any atom is -0.356 e. The molecule has 2 rings (SSSR count). The second-order valence-electron chi connectivity index (χ2n) is 6.14. The van der Waals surface area contributed by atoms with Gasteiger partial charge in [-0.25, -0.2) is 0 Å². The summed E-state index contributed by atoms with van der Waals surface area (Å²) < 4.78 is 12.1. The van der Waals surface area contributed by atoms with Crippen LogP contribution in [0.25, 0.3) is 0 Å². The highest BCUT2D eigenvalue weighted by Crippen LogP contribution is 2.23. The van der Waals surface area contributed by atoms with Gasteiger partial charge in [0.25, 0.3) is 0 Å². The van der Waals surface area contributed by atoms with Crippen LogP contribution < -0.4 is 10.6 Å². The zero-order valence-electron chi connectivity index (χ0n) is 14.6. The highest BCUT2D eigenvalue weighted by atomic mass is 35.5. The van der Waals surface area contributed by atoms with Gasteiger partial charge in [0.05, 0.1) is 0 Å². The van der Waals surface area contributed by atoms with Crippen molar-refractivity contribution >= 4 is 28.4 Å². The summed E-state index contributed by atoms with van der Waals surface area (Å²) >= 11 is 6.19. The number of nitrogens with zero attached hydrogens (tertiary/aromatic N) is 1. The van der Waals surface area contributed by atoms with Crippen molar-refractivity contribution in [3.8, 4) is 0 Å². The molecule has 1 aliphatic carbocycles. The minimum atomic E-state index is -0.699. The SMILES string of the molecule is CCS(=O)C1CCCC(NC(=NC)NCCc2ccccc2Cl)C1. The van der Waals surface area contributed by atoms with Gasteiger partial charge in [0.1, 0.15) is 0 Å². The van der Waals surface area contributed by atoms with Crippen LogP contribution in [0.1, 0.15) is 38.2 Å². The predicted molar refractivity (Wildman–Crippen MR) is 104 cm³/mol. The average Bonchev–Trinajstić information content (AvgIpc) is 2.62. The Balaban J connectivity index is 1.80. The predicted octanol–water partition coefficient (Wildman–Crippen LogP) is 3.13. The molecule has 6 heteroatoms. The Labute approximate surface area is 152 Å². The lowest BCUT2D eigenvalue weighted by atomic mass is 9.95. The number of guanidine groups is 1. The van der Waals surface area contributed by atoms with Gasteiger partial charge in [0, 0.05) is 46.5 Å². The normalized spacial score (nSPS) is 22.9. The second-order valence-corrected chi connectivity index (χ2v) is 8.55. The maximum atomic E-state index is 12.1. The molecular formula is C18H28ClN3OS. The highest BCUT2D eigenvalue weighted by Gasteiger charge is 2.25.